The summed E-state index contributed by atoms with van der Waals surface area (Å²) in [6, 6.07) is 2.36. The number of nitrogens with zero attached hydrogens (tertiary/aromatic N) is 1. The van der Waals surface area contributed by atoms with Crippen LogP contribution in [-0.4, -0.2) is 35.2 Å². The molecule has 20 heavy (non-hydrogen) atoms. The second kappa shape index (κ2) is 5.73. The lowest BCUT2D eigenvalue weighted by Gasteiger charge is -2.29. The summed E-state index contributed by atoms with van der Waals surface area (Å²) in [7, 11) is 0. The van der Waals surface area contributed by atoms with E-state index >= 15 is 0 Å². The molecule has 0 atom stereocenters. The quantitative estimate of drug-likeness (QED) is 0.861. The normalized spacial score (nSPS) is 13.6. The minimum Gasteiger partial charge on any atom is -0.478 e. The fourth-order valence-electron chi connectivity index (χ4n) is 2.21. The van der Waals surface area contributed by atoms with Crippen LogP contribution in [-0.2, 0) is 17.7 Å². The van der Waals surface area contributed by atoms with Crippen LogP contribution in [0.3, 0.4) is 0 Å². The first-order valence-electron chi connectivity index (χ1n) is 6.10. The van der Waals surface area contributed by atoms with Gasteiger partial charge in [-0.1, -0.05) is 12.7 Å². The molecule has 5 nitrogen and oxygen atoms in total. The van der Waals surface area contributed by atoms with Gasteiger partial charge in [0.2, 0.25) is 0 Å². The molecule has 0 aromatic heterocycles. The number of rotatable bonds is 3. The van der Waals surface area contributed by atoms with E-state index in [4.69, 9.17) is 9.84 Å². The molecule has 6 heteroatoms. The molecule has 0 radical (unpaired) electrons. The van der Waals surface area contributed by atoms with E-state index in [0.717, 1.165) is 6.07 Å². The molecule has 0 saturated heterocycles. The molecule has 1 aromatic rings. The van der Waals surface area contributed by atoms with E-state index in [-0.39, 0.29) is 25.1 Å². The predicted molar refractivity (Wildman–Crippen MR) is 69.0 cm³/mol. The number of halogens is 1. The van der Waals surface area contributed by atoms with Gasteiger partial charge < -0.3 is 14.7 Å². The molecule has 1 aliphatic rings. The number of ether oxygens (including phenoxy) is 1. The topological polar surface area (TPSA) is 66.8 Å². The average Bonchev–Trinajstić information content (AvgIpc) is 2.44. The Hall–Kier alpha value is -2.37. The fourth-order valence-corrected chi connectivity index (χ4v) is 2.21. The molecule has 0 spiro atoms. The lowest BCUT2D eigenvalue weighted by Crippen LogP contribution is -2.37. The number of benzene rings is 1. The maximum absolute atomic E-state index is 13.7. The fraction of sp³-hybridized carbons (Fsp3) is 0.286. The largest absolute Gasteiger partial charge is 0.478 e. The zero-order valence-corrected chi connectivity index (χ0v) is 10.8. The van der Waals surface area contributed by atoms with Crippen molar-refractivity contribution in [2.45, 2.75) is 13.0 Å². The summed E-state index contributed by atoms with van der Waals surface area (Å²) in [5.74, 6) is -1.58. The first kappa shape index (κ1) is 14.0. The van der Waals surface area contributed by atoms with Crippen molar-refractivity contribution in [1.82, 2.24) is 4.90 Å². The Kier molecular flexibility index (Phi) is 4.02. The average molecular weight is 279 g/mol. The smallest absolute Gasteiger partial charge is 0.410 e. The highest BCUT2D eigenvalue weighted by molar-refractivity contribution is 5.90. The van der Waals surface area contributed by atoms with E-state index in [1.54, 1.807) is 0 Å². The molecule has 0 saturated carbocycles. The summed E-state index contributed by atoms with van der Waals surface area (Å²) in [5.41, 5.74) is 0.708. The number of amides is 1. The molecule has 1 heterocycles. The number of carbonyl (C=O) groups is 2. The molecule has 1 N–H and O–H groups in total. The van der Waals surface area contributed by atoms with E-state index in [0.29, 0.717) is 17.7 Å². The van der Waals surface area contributed by atoms with Crippen molar-refractivity contribution >= 4 is 12.1 Å². The molecule has 1 aliphatic heterocycles. The Morgan fingerprint density at radius 1 is 1.45 bits per heavy atom. The van der Waals surface area contributed by atoms with Crippen molar-refractivity contribution in [2.75, 3.05) is 13.2 Å². The number of hydrogen-bond donors (Lipinski definition) is 1. The molecule has 0 unspecified atom stereocenters. The van der Waals surface area contributed by atoms with Gasteiger partial charge in [0.25, 0.3) is 0 Å². The Morgan fingerprint density at radius 3 is 2.85 bits per heavy atom. The van der Waals surface area contributed by atoms with Gasteiger partial charge in [-0.15, -0.1) is 0 Å². The zero-order chi connectivity index (χ0) is 14.7. The van der Waals surface area contributed by atoms with E-state index in [9.17, 15) is 14.0 Å². The van der Waals surface area contributed by atoms with Crippen molar-refractivity contribution in [3.05, 3.63) is 47.3 Å². The second-order valence-electron chi connectivity index (χ2n) is 4.39. The number of carboxylic acids is 1. The maximum Gasteiger partial charge on any atom is 0.410 e. The number of fused-ring (bicyclic) bond motifs is 1. The number of carbonyl (C=O) groups excluding carboxylic acids is 1. The monoisotopic (exact) mass is 279 g/mol. The third-order valence-corrected chi connectivity index (χ3v) is 3.17. The lowest BCUT2D eigenvalue weighted by molar-refractivity contribution is 0.0690. The molecule has 106 valence electrons. The third kappa shape index (κ3) is 2.64. The van der Waals surface area contributed by atoms with Crippen molar-refractivity contribution in [1.29, 1.82) is 0 Å². The van der Waals surface area contributed by atoms with Crippen molar-refractivity contribution in [3.63, 3.8) is 0 Å². The molecule has 0 aliphatic carbocycles. The SMILES string of the molecule is C=CCOC(=O)N1CCc2c(F)ccc(C(=O)O)c2C1. The highest BCUT2D eigenvalue weighted by Crippen LogP contribution is 2.25. The summed E-state index contributed by atoms with van der Waals surface area (Å²) in [6.45, 7) is 3.85. The van der Waals surface area contributed by atoms with Gasteiger partial charge in [0, 0.05) is 6.54 Å². The van der Waals surface area contributed by atoms with Gasteiger partial charge in [0.05, 0.1) is 12.1 Å². The Labute approximate surface area is 115 Å². The summed E-state index contributed by atoms with van der Waals surface area (Å²) in [6.07, 6.45) is 1.15. The van der Waals surface area contributed by atoms with Crippen LogP contribution in [0.5, 0.6) is 0 Å². The van der Waals surface area contributed by atoms with Crippen molar-refractivity contribution < 1.29 is 23.8 Å². The van der Waals surface area contributed by atoms with Crippen LogP contribution in [0.2, 0.25) is 0 Å². The highest BCUT2D eigenvalue weighted by atomic mass is 19.1. The maximum atomic E-state index is 13.7. The minimum absolute atomic E-state index is 0.0163. The van der Waals surface area contributed by atoms with Crippen LogP contribution in [0.1, 0.15) is 21.5 Å². The van der Waals surface area contributed by atoms with Gasteiger partial charge in [-0.3, -0.25) is 0 Å². The zero-order valence-electron chi connectivity index (χ0n) is 10.8. The summed E-state index contributed by atoms with van der Waals surface area (Å²) >= 11 is 0. The molecule has 0 bridgehead atoms. The van der Waals surface area contributed by atoms with Crippen LogP contribution in [0.4, 0.5) is 9.18 Å². The molecule has 1 amide bonds. The Bertz CT molecular complexity index is 571. The van der Waals surface area contributed by atoms with E-state index in [2.05, 4.69) is 6.58 Å². The molecular formula is C14H14FNO4. The number of carboxylic acid groups (broad SMARTS) is 1. The van der Waals surface area contributed by atoms with Gasteiger partial charge in [0.15, 0.2) is 0 Å². The van der Waals surface area contributed by atoms with Crippen LogP contribution < -0.4 is 0 Å². The second-order valence-corrected chi connectivity index (χ2v) is 4.39. The van der Waals surface area contributed by atoms with Gasteiger partial charge in [-0.25, -0.2) is 14.0 Å². The van der Waals surface area contributed by atoms with Crippen molar-refractivity contribution in [2.24, 2.45) is 0 Å². The standard InChI is InChI=1S/C14H14FNO4/c1-2-7-20-14(19)16-6-5-9-11(8-16)10(13(17)18)3-4-12(9)15/h2-4H,1,5-8H2,(H,17,18). The summed E-state index contributed by atoms with van der Waals surface area (Å²) in [5, 5.41) is 9.13. The lowest BCUT2D eigenvalue weighted by atomic mass is 9.94. The number of hydrogen-bond acceptors (Lipinski definition) is 3. The Morgan fingerprint density at radius 2 is 2.20 bits per heavy atom. The van der Waals surface area contributed by atoms with E-state index < -0.39 is 17.9 Å². The van der Waals surface area contributed by atoms with Crippen LogP contribution >= 0.6 is 0 Å². The number of aromatic carboxylic acids is 1. The predicted octanol–water partition coefficient (Wildman–Crippen LogP) is 2.20. The van der Waals surface area contributed by atoms with Crippen LogP contribution in [0.25, 0.3) is 0 Å². The van der Waals surface area contributed by atoms with E-state index in [1.807, 2.05) is 0 Å². The van der Waals surface area contributed by atoms with Gasteiger partial charge in [-0.2, -0.15) is 0 Å². The summed E-state index contributed by atoms with van der Waals surface area (Å²) < 4.78 is 18.6. The minimum atomic E-state index is -1.14. The first-order chi connectivity index (χ1) is 9.54. The molecular weight excluding hydrogens is 265 g/mol. The molecule has 2 rings (SSSR count). The Balaban J connectivity index is 2.28. The first-order valence-corrected chi connectivity index (χ1v) is 6.10. The van der Waals surface area contributed by atoms with E-state index in [1.165, 1.54) is 17.0 Å². The third-order valence-electron chi connectivity index (χ3n) is 3.17. The van der Waals surface area contributed by atoms with Gasteiger partial charge in [0.1, 0.15) is 12.4 Å². The molecule has 0 fully saturated rings. The van der Waals surface area contributed by atoms with Crippen LogP contribution in [0, 0.1) is 5.82 Å². The highest BCUT2D eigenvalue weighted by Gasteiger charge is 2.27. The van der Waals surface area contributed by atoms with Gasteiger partial charge >= 0.3 is 12.1 Å². The van der Waals surface area contributed by atoms with Crippen LogP contribution in [0.15, 0.2) is 24.8 Å². The van der Waals surface area contributed by atoms with Crippen molar-refractivity contribution in [3.8, 4) is 0 Å². The summed E-state index contributed by atoms with van der Waals surface area (Å²) in [4.78, 5) is 24.3. The van der Waals surface area contributed by atoms with Gasteiger partial charge in [-0.05, 0) is 29.7 Å². The molecule has 1 aromatic carbocycles.